The van der Waals surface area contributed by atoms with E-state index in [2.05, 4.69) is 5.32 Å². The maximum Gasteiger partial charge on any atom is 0.326 e. The highest BCUT2D eigenvalue weighted by Gasteiger charge is 2.23. The monoisotopic (exact) mass is 228 g/mol. The van der Waals surface area contributed by atoms with Crippen molar-refractivity contribution in [2.45, 2.75) is 45.1 Å². The number of urea groups is 1. The van der Waals surface area contributed by atoms with E-state index >= 15 is 0 Å². The Labute approximate surface area is 95.8 Å². The molecule has 0 aromatic carbocycles. The summed E-state index contributed by atoms with van der Waals surface area (Å²) >= 11 is 0. The molecule has 0 radical (unpaired) electrons. The highest BCUT2D eigenvalue weighted by atomic mass is 16.4. The van der Waals surface area contributed by atoms with E-state index in [0.717, 1.165) is 38.8 Å². The predicted octanol–water partition coefficient (Wildman–Crippen LogP) is 1.44. The Morgan fingerprint density at radius 2 is 1.94 bits per heavy atom. The number of carbonyl (C=O) groups excluding carboxylic acids is 1. The van der Waals surface area contributed by atoms with E-state index < -0.39 is 12.0 Å². The minimum atomic E-state index is -0.952. The van der Waals surface area contributed by atoms with Gasteiger partial charge in [0.1, 0.15) is 6.04 Å². The lowest BCUT2D eigenvalue weighted by Crippen LogP contribution is -2.49. The lowest BCUT2D eigenvalue weighted by molar-refractivity contribution is -0.139. The first-order valence-electron chi connectivity index (χ1n) is 5.93. The Morgan fingerprint density at radius 1 is 1.31 bits per heavy atom. The molecule has 1 aliphatic rings. The number of rotatable bonds is 4. The first kappa shape index (κ1) is 12.8. The highest BCUT2D eigenvalue weighted by molar-refractivity contribution is 5.82. The number of likely N-dealkylation sites (tertiary alicyclic amines) is 1. The molecule has 2 N–H and O–H groups in total. The number of hydrogen-bond acceptors (Lipinski definition) is 2. The van der Waals surface area contributed by atoms with Gasteiger partial charge in [-0.2, -0.15) is 0 Å². The molecular weight excluding hydrogens is 208 g/mol. The van der Waals surface area contributed by atoms with E-state index in [4.69, 9.17) is 5.11 Å². The van der Waals surface area contributed by atoms with Crippen LogP contribution in [-0.4, -0.2) is 41.1 Å². The first-order chi connectivity index (χ1) is 7.65. The molecule has 1 rings (SSSR count). The lowest BCUT2D eigenvalue weighted by Gasteiger charge is -2.28. The molecule has 0 saturated carbocycles. The molecule has 0 aromatic heterocycles. The molecule has 0 aliphatic carbocycles. The fourth-order valence-electron chi connectivity index (χ4n) is 1.88. The predicted molar refractivity (Wildman–Crippen MR) is 60.3 cm³/mol. The maximum atomic E-state index is 11.7. The van der Waals surface area contributed by atoms with Crippen LogP contribution in [0.3, 0.4) is 0 Å². The molecule has 2 amide bonds. The Kier molecular flexibility index (Phi) is 5.08. The van der Waals surface area contributed by atoms with Crippen molar-refractivity contribution in [3.63, 3.8) is 0 Å². The summed E-state index contributed by atoms with van der Waals surface area (Å²) in [4.78, 5) is 24.3. The smallest absolute Gasteiger partial charge is 0.326 e. The fourth-order valence-corrected chi connectivity index (χ4v) is 1.88. The zero-order valence-electron chi connectivity index (χ0n) is 9.74. The number of nitrogens with one attached hydrogen (secondary N) is 1. The third kappa shape index (κ3) is 3.72. The van der Waals surface area contributed by atoms with Crippen molar-refractivity contribution in [1.29, 1.82) is 0 Å². The van der Waals surface area contributed by atoms with Crippen LogP contribution >= 0.6 is 0 Å². The van der Waals surface area contributed by atoms with Gasteiger partial charge in [0, 0.05) is 13.1 Å². The molecule has 92 valence electrons. The lowest BCUT2D eigenvalue weighted by atomic mass is 10.1. The molecule has 1 fully saturated rings. The van der Waals surface area contributed by atoms with Gasteiger partial charge in [0.25, 0.3) is 0 Å². The van der Waals surface area contributed by atoms with E-state index in [1.54, 1.807) is 4.90 Å². The number of carboxylic acid groups (broad SMARTS) is 1. The molecule has 16 heavy (non-hydrogen) atoms. The zero-order chi connectivity index (χ0) is 12.0. The Balaban J connectivity index is 2.43. The number of aliphatic carboxylic acids is 1. The van der Waals surface area contributed by atoms with Crippen molar-refractivity contribution in [3.8, 4) is 0 Å². The Morgan fingerprint density at radius 3 is 2.44 bits per heavy atom. The van der Waals surface area contributed by atoms with Crippen molar-refractivity contribution in [1.82, 2.24) is 10.2 Å². The van der Waals surface area contributed by atoms with Crippen LogP contribution in [0.25, 0.3) is 0 Å². The number of carboxylic acids is 1. The fraction of sp³-hybridized carbons (Fsp3) is 0.818. The summed E-state index contributed by atoms with van der Waals surface area (Å²) in [5.74, 6) is -0.952. The van der Waals surface area contributed by atoms with Gasteiger partial charge in [-0.3, -0.25) is 0 Å². The Hall–Kier alpha value is -1.26. The van der Waals surface area contributed by atoms with Crippen LogP contribution in [0.5, 0.6) is 0 Å². The zero-order valence-corrected chi connectivity index (χ0v) is 9.74. The SMILES string of the molecule is CCCC(NC(=O)N1CCCCC1)C(=O)O. The summed E-state index contributed by atoms with van der Waals surface area (Å²) in [7, 11) is 0. The molecule has 5 heteroatoms. The molecular formula is C11H20N2O3. The summed E-state index contributed by atoms with van der Waals surface area (Å²) in [6.45, 7) is 3.39. The van der Waals surface area contributed by atoms with Gasteiger partial charge in [-0.25, -0.2) is 9.59 Å². The van der Waals surface area contributed by atoms with E-state index in [0.29, 0.717) is 6.42 Å². The second kappa shape index (κ2) is 6.35. The average molecular weight is 228 g/mol. The molecule has 1 saturated heterocycles. The van der Waals surface area contributed by atoms with Gasteiger partial charge in [-0.15, -0.1) is 0 Å². The number of carbonyl (C=O) groups is 2. The molecule has 1 atom stereocenters. The van der Waals surface area contributed by atoms with Crippen LogP contribution in [0.1, 0.15) is 39.0 Å². The van der Waals surface area contributed by atoms with Gasteiger partial charge in [0.15, 0.2) is 0 Å². The number of piperidine rings is 1. The first-order valence-corrected chi connectivity index (χ1v) is 5.93. The molecule has 0 spiro atoms. The number of hydrogen-bond donors (Lipinski definition) is 2. The van der Waals surface area contributed by atoms with Gasteiger partial charge in [0.05, 0.1) is 0 Å². The molecule has 1 aliphatic heterocycles. The van der Waals surface area contributed by atoms with Crippen molar-refractivity contribution in [3.05, 3.63) is 0 Å². The topological polar surface area (TPSA) is 69.6 Å². The van der Waals surface area contributed by atoms with E-state index in [-0.39, 0.29) is 6.03 Å². The third-order valence-corrected chi connectivity index (χ3v) is 2.82. The van der Waals surface area contributed by atoms with Crippen LogP contribution < -0.4 is 5.32 Å². The quantitative estimate of drug-likeness (QED) is 0.764. The summed E-state index contributed by atoms with van der Waals surface area (Å²) in [6, 6.07) is -0.986. The maximum absolute atomic E-state index is 11.7. The van der Waals surface area contributed by atoms with Gasteiger partial charge in [0.2, 0.25) is 0 Å². The van der Waals surface area contributed by atoms with Crippen LogP contribution in [-0.2, 0) is 4.79 Å². The molecule has 0 aromatic rings. The van der Waals surface area contributed by atoms with Gasteiger partial charge in [-0.1, -0.05) is 13.3 Å². The average Bonchev–Trinajstić information content (AvgIpc) is 2.29. The molecule has 0 bridgehead atoms. The third-order valence-electron chi connectivity index (χ3n) is 2.82. The number of nitrogens with zero attached hydrogens (tertiary/aromatic N) is 1. The molecule has 1 heterocycles. The second-order valence-electron chi connectivity index (χ2n) is 4.18. The van der Waals surface area contributed by atoms with E-state index in [9.17, 15) is 9.59 Å². The molecule has 5 nitrogen and oxygen atoms in total. The second-order valence-corrected chi connectivity index (χ2v) is 4.18. The largest absolute Gasteiger partial charge is 0.480 e. The Bertz CT molecular complexity index is 250. The minimum Gasteiger partial charge on any atom is -0.480 e. The van der Waals surface area contributed by atoms with Crippen LogP contribution in [0.15, 0.2) is 0 Å². The van der Waals surface area contributed by atoms with Gasteiger partial charge in [-0.05, 0) is 25.7 Å². The van der Waals surface area contributed by atoms with E-state index in [1.807, 2.05) is 6.92 Å². The van der Waals surface area contributed by atoms with Crippen molar-refractivity contribution in [2.24, 2.45) is 0 Å². The standard InChI is InChI=1S/C11H20N2O3/c1-2-6-9(10(14)15)12-11(16)13-7-4-3-5-8-13/h9H,2-8H2,1H3,(H,12,16)(H,14,15). The summed E-state index contributed by atoms with van der Waals surface area (Å²) in [5, 5.41) is 11.5. The van der Waals surface area contributed by atoms with E-state index in [1.165, 1.54) is 0 Å². The highest BCUT2D eigenvalue weighted by Crippen LogP contribution is 2.09. The summed E-state index contributed by atoms with van der Waals surface area (Å²) in [5.41, 5.74) is 0. The summed E-state index contributed by atoms with van der Waals surface area (Å²) in [6.07, 6.45) is 4.41. The van der Waals surface area contributed by atoms with Gasteiger partial charge < -0.3 is 15.3 Å². The van der Waals surface area contributed by atoms with Gasteiger partial charge >= 0.3 is 12.0 Å². The van der Waals surface area contributed by atoms with Crippen LogP contribution in [0, 0.1) is 0 Å². The minimum absolute atomic E-state index is 0.236. The van der Waals surface area contributed by atoms with Crippen molar-refractivity contribution < 1.29 is 14.7 Å². The number of amides is 2. The molecule has 1 unspecified atom stereocenters. The normalized spacial score (nSPS) is 17.9. The van der Waals surface area contributed by atoms with Crippen LogP contribution in [0.4, 0.5) is 4.79 Å². The van der Waals surface area contributed by atoms with Crippen LogP contribution in [0.2, 0.25) is 0 Å². The van der Waals surface area contributed by atoms with Crippen molar-refractivity contribution in [2.75, 3.05) is 13.1 Å². The summed E-state index contributed by atoms with van der Waals surface area (Å²) < 4.78 is 0. The van der Waals surface area contributed by atoms with Crippen molar-refractivity contribution >= 4 is 12.0 Å².